The Morgan fingerprint density at radius 2 is 2.04 bits per heavy atom. The summed E-state index contributed by atoms with van der Waals surface area (Å²) >= 11 is 12.1. The highest BCUT2D eigenvalue weighted by Crippen LogP contribution is 2.28. The maximum atomic E-state index is 11.2. The van der Waals surface area contributed by atoms with Crippen molar-refractivity contribution in [1.29, 1.82) is 0 Å². The molecular formula is C18H15Cl2N3O. The molecular weight excluding hydrogens is 345 g/mol. The van der Waals surface area contributed by atoms with Gasteiger partial charge in [0.2, 0.25) is 0 Å². The van der Waals surface area contributed by atoms with E-state index in [1.54, 1.807) is 66.0 Å². The standard InChI is InChI=1S/C18H15Cl2N3O/c19-16-4-3-14(17(20)10-16)5-6-18(24,12-23-9-8-22-13-23)15-2-1-7-21-11-15/h1-11,13,24H,12H2/b6-5-/t18-/m0/s1. The molecule has 0 saturated heterocycles. The van der Waals surface area contributed by atoms with Crippen molar-refractivity contribution in [2.45, 2.75) is 12.1 Å². The lowest BCUT2D eigenvalue weighted by molar-refractivity contribution is 0.0701. The molecule has 0 bridgehead atoms. The van der Waals surface area contributed by atoms with E-state index < -0.39 is 5.60 Å². The zero-order valence-electron chi connectivity index (χ0n) is 12.7. The lowest BCUT2D eigenvalue weighted by atomic mass is 9.93. The second-order valence-corrected chi connectivity index (χ2v) is 6.24. The number of aliphatic hydroxyl groups is 1. The quantitative estimate of drug-likeness (QED) is 0.742. The van der Waals surface area contributed by atoms with Crippen LogP contribution in [0.3, 0.4) is 0 Å². The molecule has 0 saturated carbocycles. The van der Waals surface area contributed by atoms with E-state index in [2.05, 4.69) is 9.97 Å². The van der Waals surface area contributed by atoms with Crippen LogP contribution in [-0.4, -0.2) is 19.6 Å². The first kappa shape index (κ1) is 16.7. The van der Waals surface area contributed by atoms with E-state index >= 15 is 0 Å². The molecule has 3 aromatic rings. The van der Waals surface area contributed by atoms with Gasteiger partial charge in [-0.25, -0.2) is 4.98 Å². The fraction of sp³-hybridized carbons (Fsp3) is 0.111. The van der Waals surface area contributed by atoms with E-state index in [-0.39, 0.29) is 0 Å². The van der Waals surface area contributed by atoms with Gasteiger partial charge in [0.25, 0.3) is 0 Å². The van der Waals surface area contributed by atoms with Crippen LogP contribution in [0, 0.1) is 0 Å². The second kappa shape index (κ2) is 7.18. The molecule has 6 heteroatoms. The number of benzene rings is 1. The fourth-order valence-corrected chi connectivity index (χ4v) is 2.85. The molecule has 0 aliphatic heterocycles. The number of nitrogens with zero attached hydrogens (tertiary/aromatic N) is 3. The fourth-order valence-electron chi connectivity index (χ4n) is 2.38. The molecule has 0 spiro atoms. The minimum absolute atomic E-state index is 0.306. The molecule has 4 nitrogen and oxygen atoms in total. The molecule has 1 aromatic carbocycles. The van der Waals surface area contributed by atoms with Crippen molar-refractivity contribution in [3.05, 3.63) is 88.7 Å². The van der Waals surface area contributed by atoms with Gasteiger partial charge in [-0.3, -0.25) is 4.98 Å². The number of pyridine rings is 1. The molecule has 0 unspecified atom stereocenters. The molecule has 3 rings (SSSR count). The Bertz CT molecular complexity index is 835. The van der Waals surface area contributed by atoms with Crippen LogP contribution in [0.15, 0.2) is 67.5 Å². The molecule has 1 N–H and O–H groups in total. The van der Waals surface area contributed by atoms with Crippen molar-refractivity contribution < 1.29 is 5.11 Å². The predicted octanol–water partition coefficient (Wildman–Crippen LogP) is 4.19. The number of hydrogen-bond donors (Lipinski definition) is 1. The van der Waals surface area contributed by atoms with Crippen molar-refractivity contribution in [3.63, 3.8) is 0 Å². The van der Waals surface area contributed by atoms with E-state index in [4.69, 9.17) is 23.2 Å². The maximum Gasteiger partial charge on any atom is 0.127 e. The average Bonchev–Trinajstić information content (AvgIpc) is 3.07. The van der Waals surface area contributed by atoms with Gasteiger partial charge in [0, 0.05) is 40.4 Å². The third-order valence-corrected chi connectivity index (χ3v) is 4.21. The smallest absolute Gasteiger partial charge is 0.127 e. The van der Waals surface area contributed by atoms with E-state index in [9.17, 15) is 5.11 Å². The number of imidazole rings is 1. The van der Waals surface area contributed by atoms with Crippen molar-refractivity contribution >= 4 is 29.3 Å². The van der Waals surface area contributed by atoms with Crippen molar-refractivity contribution in [1.82, 2.24) is 14.5 Å². The molecule has 0 aliphatic carbocycles. The Morgan fingerprint density at radius 3 is 2.71 bits per heavy atom. The molecule has 122 valence electrons. The normalized spacial score (nSPS) is 14.0. The molecule has 2 aromatic heterocycles. The van der Waals surface area contributed by atoms with Crippen LogP contribution < -0.4 is 0 Å². The number of rotatable bonds is 5. The monoisotopic (exact) mass is 359 g/mol. The highest BCUT2D eigenvalue weighted by Gasteiger charge is 2.27. The number of hydrogen-bond acceptors (Lipinski definition) is 3. The van der Waals surface area contributed by atoms with Crippen molar-refractivity contribution in [3.8, 4) is 0 Å². The summed E-state index contributed by atoms with van der Waals surface area (Å²) in [5.74, 6) is 0. The average molecular weight is 360 g/mol. The van der Waals surface area contributed by atoms with Crippen LogP contribution in [0.4, 0.5) is 0 Å². The maximum absolute atomic E-state index is 11.2. The third kappa shape index (κ3) is 3.85. The van der Waals surface area contributed by atoms with Gasteiger partial charge in [-0.05, 0) is 29.8 Å². The lowest BCUT2D eigenvalue weighted by Crippen LogP contribution is -2.29. The molecule has 0 aliphatic rings. The van der Waals surface area contributed by atoms with E-state index in [0.717, 1.165) is 5.56 Å². The minimum Gasteiger partial charge on any atom is -0.379 e. The second-order valence-electron chi connectivity index (χ2n) is 5.40. The highest BCUT2D eigenvalue weighted by atomic mass is 35.5. The van der Waals surface area contributed by atoms with Gasteiger partial charge in [0.15, 0.2) is 0 Å². The molecule has 0 amide bonds. The summed E-state index contributed by atoms with van der Waals surface area (Å²) in [5.41, 5.74) is 0.201. The summed E-state index contributed by atoms with van der Waals surface area (Å²) in [6.07, 6.45) is 11.9. The van der Waals surface area contributed by atoms with E-state index in [1.807, 2.05) is 12.1 Å². The Kier molecular flexibility index (Phi) is 5.00. The summed E-state index contributed by atoms with van der Waals surface area (Å²) in [6.45, 7) is 0.306. The van der Waals surface area contributed by atoms with Crippen LogP contribution in [0.25, 0.3) is 6.08 Å². The first-order valence-electron chi connectivity index (χ1n) is 7.30. The highest BCUT2D eigenvalue weighted by molar-refractivity contribution is 6.35. The Morgan fingerprint density at radius 1 is 1.17 bits per heavy atom. The summed E-state index contributed by atoms with van der Waals surface area (Å²) < 4.78 is 1.81. The van der Waals surface area contributed by atoms with Gasteiger partial charge in [-0.15, -0.1) is 0 Å². The van der Waals surface area contributed by atoms with Crippen LogP contribution in [0.2, 0.25) is 10.0 Å². The molecule has 2 heterocycles. The van der Waals surface area contributed by atoms with Crippen molar-refractivity contribution in [2.24, 2.45) is 0 Å². The van der Waals surface area contributed by atoms with Crippen LogP contribution in [0.5, 0.6) is 0 Å². The van der Waals surface area contributed by atoms with Crippen LogP contribution in [0.1, 0.15) is 11.1 Å². The third-order valence-electron chi connectivity index (χ3n) is 3.65. The number of halogens is 2. The van der Waals surface area contributed by atoms with Gasteiger partial charge in [0.1, 0.15) is 5.60 Å². The van der Waals surface area contributed by atoms with Gasteiger partial charge >= 0.3 is 0 Å². The molecule has 24 heavy (non-hydrogen) atoms. The lowest BCUT2D eigenvalue weighted by Gasteiger charge is -2.25. The van der Waals surface area contributed by atoms with Gasteiger partial charge in [-0.1, -0.05) is 41.4 Å². The molecule has 0 fully saturated rings. The van der Waals surface area contributed by atoms with Crippen LogP contribution >= 0.6 is 23.2 Å². The zero-order chi connectivity index (χ0) is 17.0. The van der Waals surface area contributed by atoms with E-state index in [1.165, 1.54) is 0 Å². The number of aromatic nitrogens is 3. The zero-order valence-corrected chi connectivity index (χ0v) is 14.2. The Balaban J connectivity index is 1.96. The molecule has 1 atom stereocenters. The van der Waals surface area contributed by atoms with Crippen LogP contribution in [-0.2, 0) is 12.1 Å². The Hall–Kier alpha value is -2.14. The first-order valence-corrected chi connectivity index (χ1v) is 8.05. The minimum atomic E-state index is -1.25. The Labute approximate surface area is 150 Å². The summed E-state index contributed by atoms with van der Waals surface area (Å²) in [5, 5.41) is 12.3. The van der Waals surface area contributed by atoms with Gasteiger partial charge in [0.05, 0.1) is 12.9 Å². The van der Waals surface area contributed by atoms with Gasteiger partial charge in [-0.2, -0.15) is 0 Å². The largest absolute Gasteiger partial charge is 0.379 e. The SMILES string of the molecule is O[C@@](/C=C\c1ccc(Cl)cc1Cl)(Cn1ccnc1)c1cccnc1. The molecule has 0 radical (unpaired) electrons. The first-order chi connectivity index (χ1) is 11.6. The summed E-state index contributed by atoms with van der Waals surface area (Å²) in [6, 6.07) is 8.85. The van der Waals surface area contributed by atoms with Gasteiger partial charge < -0.3 is 9.67 Å². The summed E-state index contributed by atoms with van der Waals surface area (Å²) in [4.78, 5) is 8.12. The van der Waals surface area contributed by atoms with Crippen molar-refractivity contribution in [2.75, 3.05) is 0 Å². The van der Waals surface area contributed by atoms with E-state index in [0.29, 0.717) is 22.2 Å². The topological polar surface area (TPSA) is 50.9 Å². The predicted molar refractivity (Wildman–Crippen MR) is 95.9 cm³/mol. The summed E-state index contributed by atoms with van der Waals surface area (Å²) in [7, 11) is 0.